The van der Waals surface area contributed by atoms with E-state index in [2.05, 4.69) is 39.6 Å². The van der Waals surface area contributed by atoms with Gasteiger partial charge in [-0.25, -0.2) is 8.57 Å². The first-order valence-corrected chi connectivity index (χ1v) is 17.0. The second-order valence-corrected chi connectivity index (χ2v) is 13.5. The SMILES string of the molecule is O=[N+]([O-])c1ccc(N=NOS(=O)(=O)c2cc(N=Nc3ccc(O)cc3O)c3c(O)cc(S(=O)(=O)ON=Nc4cc([N+](=O)[O-])cc([N+](=O)[O-])c4O)cc3c2)cc1.[Na+].[Na+]. The molecule has 0 amide bonds. The van der Waals surface area contributed by atoms with Crippen LogP contribution in [-0.2, 0) is 28.8 Å². The number of nitro groups is 3. The molecule has 5 rings (SSSR count). The summed E-state index contributed by atoms with van der Waals surface area (Å²) in [6.45, 7) is 0. The van der Waals surface area contributed by atoms with Crippen molar-refractivity contribution in [1.29, 1.82) is 0 Å². The molecule has 282 valence electrons. The van der Waals surface area contributed by atoms with E-state index < -0.39 is 90.2 Å². The van der Waals surface area contributed by atoms with E-state index in [9.17, 15) is 67.6 Å². The van der Waals surface area contributed by atoms with Crippen LogP contribution in [0.2, 0.25) is 0 Å². The quantitative estimate of drug-likeness (QED) is 0.0546. The van der Waals surface area contributed by atoms with Crippen LogP contribution in [0.4, 0.5) is 39.8 Å². The van der Waals surface area contributed by atoms with Gasteiger partial charge in [0.2, 0.25) is 5.75 Å². The topological polar surface area (TPSA) is 371 Å². The van der Waals surface area contributed by atoms with Gasteiger partial charge in [0, 0.05) is 40.9 Å². The number of fused-ring (bicyclic) bond motifs is 1. The maximum atomic E-state index is 13.2. The van der Waals surface area contributed by atoms with Crippen LogP contribution in [0.5, 0.6) is 23.0 Å². The molecule has 0 aliphatic carbocycles. The average molecular weight is 846 g/mol. The molecule has 0 spiro atoms. The van der Waals surface area contributed by atoms with Gasteiger partial charge in [-0.15, -0.1) is 20.5 Å². The Morgan fingerprint density at radius 1 is 0.544 bits per heavy atom. The molecule has 0 fully saturated rings. The van der Waals surface area contributed by atoms with E-state index in [0.717, 1.165) is 60.7 Å². The summed E-state index contributed by atoms with van der Waals surface area (Å²) in [7, 11) is -10.1. The van der Waals surface area contributed by atoms with E-state index in [1.807, 2.05) is 0 Å². The van der Waals surface area contributed by atoms with Gasteiger partial charge in [-0.1, -0.05) is 0 Å². The van der Waals surface area contributed by atoms with Crippen LogP contribution in [0.3, 0.4) is 0 Å². The number of aromatic hydroxyl groups is 4. The number of azo groups is 1. The van der Waals surface area contributed by atoms with Crippen molar-refractivity contribution in [3.63, 3.8) is 0 Å². The summed E-state index contributed by atoms with van der Waals surface area (Å²) in [5.41, 5.74) is -4.09. The van der Waals surface area contributed by atoms with Gasteiger partial charge in [-0.3, -0.25) is 30.3 Å². The molecule has 5 aromatic carbocycles. The van der Waals surface area contributed by atoms with Gasteiger partial charge < -0.3 is 20.4 Å². The zero-order valence-corrected chi connectivity index (χ0v) is 34.2. The van der Waals surface area contributed by atoms with E-state index >= 15 is 0 Å². The largest absolute Gasteiger partial charge is 1.00 e. The van der Waals surface area contributed by atoms with Crippen molar-refractivity contribution in [3.05, 3.63) is 109 Å². The summed E-state index contributed by atoms with van der Waals surface area (Å²) in [4.78, 5) is 28.6. The van der Waals surface area contributed by atoms with Gasteiger partial charge in [-0.2, -0.15) is 16.8 Å². The molecule has 5 aromatic rings. The zero-order chi connectivity index (χ0) is 40.2. The maximum absolute atomic E-state index is 13.2. The van der Waals surface area contributed by atoms with Crippen LogP contribution < -0.4 is 59.1 Å². The Bertz CT molecular complexity index is 2740. The van der Waals surface area contributed by atoms with Crippen LogP contribution in [-0.4, -0.2) is 52.0 Å². The third kappa shape index (κ3) is 10.7. The smallest absolute Gasteiger partial charge is 0.508 e. The van der Waals surface area contributed by atoms with Gasteiger partial charge in [-0.05, 0) is 47.9 Å². The summed E-state index contributed by atoms with van der Waals surface area (Å²) in [6.07, 6.45) is 0. The van der Waals surface area contributed by atoms with Gasteiger partial charge in [0.25, 0.3) is 11.4 Å². The van der Waals surface area contributed by atoms with Crippen LogP contribution in [0.25, 0.3) is 10.8 Å². The standard InChI is InChI=1S/C28H17N9O16S2.2Na/c38-18-5-6-21(25(39)11-18)30-31-22-12-19(54(48,49)52-33-29-15-1-3-16(4-2-15)35(42)43)7-14-8-20(13-26(40)27(14)22)55(50,51)53-34-32-23-9-17(36(44)45)10-24(28(23)41)37(46)47;;/h1-13,38-41H;;/q;2*+1. The first kappa shape index (κ1) is 45.4. The average Bonchev–Trinajstić information content (AvgIpc) is 3.11. The molecule has 0 atom stereocenters. The van der Waals surface area contributed by atoms with Crippen molar-refractivity contribution < 1.29 is 120 Å². The van der Waals surface area contributed by atoms with Gasteiger partial charge >= 0.3 is 85.0 Å². The van der Waals surface area contributed by atoms with Crippen molar-refractivity contribution in [3.8, 4) is 23.0 Å². The number of nitro benzene ring substituents is 3. The molecule has 0 bridgehead atoms. The fourth-order valence-electron chi connectivity index (χ4n) is 4.34. The predicted molar refractivity (Wildman–Crippen MR) is 180 cm³/mol. The van der Waals surface area contributed by atoms with E-state index in [1.165, 1.54) is 0 Å². The van der Waals surface area contributed by atoms with Crippen molar-refractivity contribution in [2.75, 3.05) is 0 Å². The van der Waals surface area contributed by atoms with Gasteiger partial charge in [0.1, 0.15) is 38.4 Å². The van der Waals surface area contributed by atoms with Crippen LogP contribution in [0.15, 0.2) is 120 Å². The Hall–Kier alpha value is -5.94. The fourth-order valence-corrected chi connectivity index (χ4v) is 5.81. The summed E-state index contributed by atoms with van der Waals surface area (Å²) in [5.74, 6) is -3.01. The Balaban J connectivity index is 0.00000435. The Morgan fingerprint density at radius 2 is 1.11 bits per heavy atom. The third-order valence-electron chi connectivity index (χ3n) is 6.85. The number of rotatable bonds is 13. The zero-order valence-electron chi connectivity index (χ0n) is 28.5. The number of hydrogen-bond donors (Lipinski definition) is 4. The molecule has 0 aliphatic rings. The molecule has 0 aliphatic heterocycles. The van der Waals surface area contributed by atoms with Crippen LogP contribution in [0.1, 0.15) is 0 Å². The minimum absolute atomic E-state index is 0. The van der Waals surface area contributed by atoms with Crippen molar-refractivity contribution >= 4 is 70.8 Å². The molecule has 0 aromatic heterocycles. The summed E-state index contributed by atoms with van der Waals surface area (Å²) < 4.78 is 61.5. The van der Waals surface area contributed by atoms with Crippen LogP contribution >= 0.6 is 0 Å². The molecular weight excluding hydrogens is 828 g/mol. The van der Waals surface area contributed by atoms with E-state index in [1.54, 1.807) is 0 Å². The second kappa shape index (κ2) is 18.3. The Labute approximate surface area is 360 Å². The van der Waals surface area contributed by atoms with Gasteiger partial charge in [0.05, 0.1) is 37.6 Å². The number of nitrogens with zero attached hydrogens (tertiary/aromatic N) is 9. The fraction of sp³-hybridized carbons (Fsp3) is 0. The van der Waals surface area contributed by atoms with Crippen molar-refractivity contribution in [2.24, 2.45) is 31.0 Å². The molecule has 25 nitrogen and oxygen atoms in total. The number of phenolic OH excluding ortho intramolecular Hbond substituents is 4. The third-order valence-corrected chi connectivity index (χ3v) is 9.00. The van der Waals surface area contributed by atoms with Gasteiger partial charge in [0.15, 0.2) is 0 Å². The molecule has 4 N–H and O–H groups in total. The normalized spacial score (nSPS) is 11.6. The maximum Gasteiger partial charge on any atom is 1.00 e. The Kier molecular flexibility index (Phi) is 14.6. The summed E-state index contributed by atoms with van der Waals surface area (Å²) in [5, 5.41) is 93.5. The predicted octanol–water partition coefficient (Wildman–Crippen LogP) is 0.619. The molecule has 29 heteroatoms. The van der Waals surface area contributed by atoms with E-state index in [-0.39, 0.29) is 87.3 Å². The summed E-state index contributed by atoms with van der Waals surface area (Å²) in [6, 6.07) is 11.4. The number of phenols is 4. The van der Waals surface area contributed by atoms with E-state index in [4.69, 9.17) is 0 Å². The first-order valence-electron chi connectivity index (χ1n) is 14.2. The number of non-ortho nitro benzene ring substituents is 2. The van der Waals surface area contributed by atoms with E-state index in [0.29, 0.717) is 18.2 Å². The minimum Gasteiger partial charge on any atom is -0.508 e. The molecule has 57 heavy (non-hydrogen) atoms. The molecule has 0 saturated heterocycles. The van der Waals surface area contributed by atoms with Crippen molar-refractivity contribution in [1.82, 2.24) is 0 Å². The molecule has 0 saturated carbocycles. The molecular formula is C28H17N9Na2O16S2+2. The monoisotopic (exact) mass is 845 g/mol. The van der Waals surface area contributed by atoms with Crippen LogP contribution in [0, 0.1) is 30.3 Å². The number of hydrogen-bond acceptors (Lipinski definition) is 22. The van der Waals surface area contributed by atoms with Crippen molar-refractivity contribution in [2.45, 2.75) is 9.79 Å². The first-order chi connectivity index (χ1) is 25.9. The number of benzene rings is 5. The molecule has 0 heterocycles. The minimum atomic E-state index is -5.13. The molecule has 0 unspecified atom stereocenters. The second-order valence-electron chi connectivity index (χ2n) is 10.4. The molecule has 0 radical (unpaired) electrons. The summed E-state index contributed by atoms with van der Waals surface area (Å²) >= 11 is 0. The Morgan fingerprint density at radius 3 is 1.67 bits per heavy atom.